The molecule has 0 atom stereocenters. The van der Waals surface area contributed by atoms with Gasteiger partial charge in [-0.1, -0.05) is 18.2 Å². The summed E-state index contributed by atoms with van der Waals surface area (Å²) in [5, 5.41) is 7.36. The van der Waals surface area contributed by atoms with Crippen LogP contribution in [0, 0.1) is 0 Å². The Morgan fingerprint density at radius 3 is 2.58 bits per heavy atom. The number of hydrogen-bond acceptors (Lipinski definition) is 5. The van der Waals surface area contributed by atoms with E-state index in [-0.39, 0.29) is 5.03 Å². The van der Waals surface area contributed by atoms with Crippen molar-refractivity contribution in [2.75, 3.05) is 6.26 Å². The maximum atomic E-state index is 11.8. The Bertz CT molecular complexity index is 841. The van der Waals surface area contributed by atoms with Crippen molar-refractivity contribution in [2.24, 2.45) is 0 Å². The van der Waals surface area contributed by atoms with Gasteiger partial charge >= 0.3 is 0 Å². The van der Waals surface area contributed by atoms with E-state index in [9.17, 15) is 8.42 Å². The van der Waals surface area contributed by atoms with E-state index in [2.05, 4.69) is 15.2 Å². The Labute approximate surface area is 109 Å². The first-order valence-electron chi connectivity index (χ1n) is 5.51. The van der Waals surface area contributed by atoms with Crippen molar-refractivity contribution in [2.45, 2.75) is 5.03 Å². The zero-order chi connectivity index (χ0) is 13.5. The zero-order valence-corrected chi connectivity index (χ0v) is 10.9. The van der Waals surface area contributed by atoms with Crippen LogP contribution in [0.1, 0.15) is 0 Å². The summed E-state index contributed by atoms with van der Waals surface area (Å²) in [5.74, 6) is 0. The second-order valence-corrected chi connectivity index (χ2v) is 6.04. The molecule has 7 heteroatoms. The second kappa shape index (κ2) is 4.13. The van der Waals surface area contributed by atoms with Gasteiger partial charge in [-0.15, -0.1) is 5.10 Å². The third-order valence-corrected chi connectivity index (χ3v) is 3.69. The summed E-state index contributed by atoms with van der Waals surface area (Å²) in [6.07, 6.45) is 4.13. The van der Waals surface area contributed by atoms with Gasteiger partial charge in [-0.05, 0) is 12.1 Å². The number of rotatable bonds is 2. The standard InChI is InChI=1S/C12H10N4O2S/c1-19(17,18)12-11-10(7-14-15-12)13-8-16(11)9-5-3-2-4-6-9/h2-8H,1H3. The van der Waals surface area contributed by atoms with E-state index in [0.29, 0.717) is 11.0 Å². The minimum absolute atomic E-state index is 0.0636. The van der Waals surface area contributed by atoms with Crippen LogP contribution in [-0.4, -0.2) is 34.4 Å². The molecule has 0 N–H and O–H groups in total. The number of para-hydroxylation sites is 1. The number of imidazole rings is 1. The molecule has 6 nitrogen and oxygen atoms in total. The zero-order valence-electron chi connectivity index (χ0n) is 10.1. The van der Waals surface area contributed by atoms with Crippen LogP contribution in [0.25, 0.3) is 16.7 Å². The Hall–Kier alpha value is -2.28. The van der Waals surface area contributed by atoms with E-state index >= 15 is 0 Å². The van der Waals surface area contributed by atoms with Gasteiger partial charge in [-0.2, -0.15) is 5.10 Å². The predicted molar refractivity (Wildman–Crippen MR) is 69.8 cm³/mol. The van der Waals surface area contributed by atoms with Gasteiger partial charge in [0.25, 0.3) is 0 Å². The molecule has 0 spiro atoms. The van der Waals surface area contributed by atoms with Gasteiger partial charge in [0.2, 0.25) is 5.03 Å². The average Bonchev–Trinajstić information content (AvgIpc) is 2.82. The topological polar surface area (TPSA) is 77.7 Å². The van der Waals surface area contributed by atoms with Gasteiger partial charge in [0.15, 0.2) is 9.84 Å². The van der Waals surface area contributed by atoms with Crippen LogP contribution in [0.2, 0.25) is 0 Å². The molecule has 0 radical (unpaired) electrons. The lowest BCUT2D eigenvalue weighted by molar-refractivity contribution is 0.597. The van der Waals surface area contributed by atoms with Crippen molar-refractivity contribution in [3.8, 4) is 5.69 Å². The minimum Gasteiger partial charge on any atom is -0.296 e. The number of nitrogens with zero attached hydrogens (tertiary/aromatic N) is 4. The second-order valence-electron chi connectivity index (χ2n) is 4.11. The van der Waals surface area contributed by atoms with Crippen LogP contribution in [0.3, 0.4) is 0 Å². The normalized spacial score (nSPS) is 11.8. The molecule has 0 unspecified atom stereocenters. The van der Waals surface area contributed by atoms with Gasteiger partial charge in [0.1, 0.15) is 17.4 Å². The van der Waals surface area contributed by atoms with Crippen molar-refractivity contribution in [3.63, 3.8) is 0 Å². The highest BCUT2D eigenvalue weighted by atomic mass is 32.2. The SMILES string of the molecule is CS(=O)(=O)c1nncc2ncn(-c3ccccc3)c12. The van der Waals surface area contributed by atoms with E-state index in [0.717, 1.165) is 11.9 Å². The van der Waals surface area contributed by atoms with Crippen molar-refractivity contribution in [3.05, 3.63) is 42.9 Å². The van der Waals surface area contributed by atoms with Crippen molar-refractivity contribution < 1.29 is 8.42 Å². The van der Waals surface area contributed by atoms with Crippen LogP contribution in [-0.2, 0) is 9.84 Å². The predicted octanol–water partition coefficient (Wildman–Crippen LogP) is 1.22. The number of sulfone groups is 1. The maximum absolute atomic E-state index is 11.8. The molecular formula is C12H10N4O2S. The number of fused-ring (bicyclic) bond motifs is 1. The van der Waals surface area contributed by atoms with Gasteiger partial charge in [0, 0.05) is 11.9 Å². The number of benzene rings is 1. The molecule has 0 fully saturated rings. The molecule has 0 saturated heterocycles. The molecule has 1 aromatic carbocycles. The highest BCUT2D eigenvalue weighted by Gasteiger charge is 2.19. The molecule has 2 aromatic heterocycles. The monoisotopic (exact) mass is 274 g/mol. The lowest BCUT2D eigenvalue weighted by Crippen LogP contribution is -2.05. The molecule has 0 amide bonds. The first-order chi connectivity index (χ1) is 9.07. The fraction of sp³-hybridized carbons (Fsp3) is 0.0833. The lowest BCUT2D eigenvalue weighted by atomic mass is 10.3. The van der Waals surface area contributed by atoms with E-state index in [1.165, 1.54) is 6.20 Å². The fourth-order valence-corrected chi connectivity index (χ4v) is 2.64. The molecule has 0 aliphatic heterocycles. The molecule has 0 aliphatic carbocycles. The molecule has 3 rings (SSSR count). The van der Waals surface area contributed by atoms with Crippen LogP contribution in [0.15, 0.2) is 47.9 Å². The third-order valence-electron chi connectivity index (χ3n) is 2.71. The fourth-order valence-electron chi connectivity index (χ4n) is 1.89. The van der Waals surface area contributed by atoms with Crippen molar-refractivity contribution in [1.29, 1.82) is 0 Å². The molecule has 3 aromatic rings. The molecule has 0 aliphatic rings. The summed E-state index contributed by atoms with van der Waals surface area (Å²) in [5.41, 5.74) is 1.77. The summed E-state index contributed by atoms with van der Waals surface area (Å²) in [7, 11) is -3.46. The first kappa shape index (κ1) is 11.8. The van der Waals surface area contributed by atoms with E-state index in [4.69, 9.17) is 0 Å². The Kier molecular flexibility index (Phi) is 2.56. The highest BCUT2D eigenvalue weighted by molar-refractivity contribution is 7.90. The van der Waals surface area contributed by atoms with Gasteiger partial charge in [-0.3, -0.25) is 4.57 Å². The third kappa shape index (κ3) is 1.97. The molecule has 96 valence electrons. The Morgan fingerprint density at radius 2 is 1.89 bits per heavy atom. The summed E-state index contributed by atoms with van der Waals surface area (Å²) in [6.45, 7) is 0. The van der Waals surface area contributed by atoms with Gasteiger partial charge < -0.3 is 0 Å². The number of hydrogen-bond donors (Lipinski definition) is 0. The summed E-state index contributed by atoms with van der Waals surface area (Å²) in [4.78, 5) is 4.17. The summed E-state index contributed by atoms with van der Waals surface area (Å²) >= 11 is 0. The van der Waals surface area contributed by atoms with Gasteiger partial charge in [0.05, 0.1) is 6.20 Å². The summed E-state index contributed by atoms with van der Waals surface area (Å²) < 4.78 is 25.3. The molecule has 19 heavy (non-hydrogen) atoms. The maximum Gasteiger partial charge on any atom is 0.203 e. The van der Waals surface area contributed by atoms with E-state index < -0.39 is 9.84 Å². The summed E-state index contributed by atoms with van der Waals surface area (Å²) in [6, 6.07) is 9.37. The smallest absolute Gasteiger partial charge is 0.203 e. The Balaban J connectivity index is 2.40. The number of aromatic nitrogens is 4. The largest absolute Gasteiger partial charge is 0.296 e. The van der Waals surface area contributed by atoms with E-state index in [1.54, 1.807) is 10.9 Å². The highest BCUT2D eigenvalue weighted by Crippen LogP contribution is 2.22. The molecule has 0 saturated carbocycles. The van der Waals surface area contributed by atoms with E-state index in [1.807, 2.05) is 30.3 Å². The van der Waals surface area contributed by atoms with Crippen molar-refractivity contribution in [1.82, 2.24) is 19.7 Å². The van der Waals surface area contributed by atoms with Crippen LogP contribution in [0.5, 0.6) is 0 Å². The minimum atomic E-state index is -3.46. The Morgan fingerprint density at radius 1 is 1.16 bits per heavy atom. The van der Waals surface area contributed by atoms with Gasteiger partial charge in [-0.25, -0.2) is 13.4 Å². The quantitative estimate of drug-likeness (QED) is 0.702. The van der Waals surface area contributed by atoms with Crippen LogP contribution in [0.4, 0.5) is 0 Å². The van der Waals surface area contributed by atoms with Crippen LogP contribution < -0.4 is 0 Å². The van der Waals surface area contributed by atoms with Crippen LogP contribution >= 0.6 is 0 Å². The lowest BCUT2D eigenvalue weighted by Gasteiger charge is -2.05. The molecular weight excluding hydrogens is 264 g/mol. The first-order valence-corrected chi connectivity index (χ1v) is 7.41. The van der Waals surface area contributed by atoms with Crippen molar-refractivity contribution >= 4 is 20.9 Å². The molecule has 2 heterocycles. The molecule has 0 bridgehead atoms. The average molecular weight is 274 g/mol.